The van der Waals surface area contributed by atoms with Crippen molar-refractivity contribution in [2.75, 3.05) is 11.9 Å². The van der Waals surface area contributed by atoms with Gasteiger partial charge >= 0.3 is 6.09 Å². The van der Waals surface area contributed by atoms with Gasteiger partial charge in [0.2, 0.25) is 5.88 Å². The van der Waals surface area contributed by atoms with Crippen molar-refractivity contribution in [3.8, 4) is 5.88 Å². The first-order valence-electron chi connectivity index (χ1n) is 5.75. The summed E-state index contributed by atoms with van der Waals surface area (Å²) in [5, 5.41) is 2.24. The third-order valence-corrected chi connectivity index (χ3v) is 2.60. The van der Waals surface area contributed by atoms with Crippen molar-refractivity contribution in [2.45, 2.75) is 0 Å². The highest BCUT2D eigenvalue weighted by molar-refractivity contribution is 7.78. The number of benzene rings is 1. The molecule has 0 fully saturated rings. The van der Waals surface area contributed by atoms with Crippen molar-refractivity contribution in [1.82, 2.24) is 4.98 Å². The molecule has 0 bridgehead atoms. The van der Waals surface area contributed by atoms with E-state index in [-0.39, 0.29) is 5.88 Å². The zero-order valence-corrected chi connectivity index (χ0v) is 11.5. The fraction of sp³-hybridized carbons (Fsp3) is 0.0714. The summed E-state index contributed by atoms with van der Waals surface area (Å²) in [7, 11) is 1.63. The predicted molar refractivity (Wildman–Crippen MR) is 79.8 cm³/mol. The van der Waals surface area contributed by atoms with E-state index in [1.54, 1.807) is 19.2 Å². The summed E-state index contributed by atoms with van der Waals surface area (Å²) in [5.41, 5.74) is 1.29. The average molecular weight is 285 g/mol. The lowest BCUT2D eigenvalue weighted by atomic mass is 10.3. The number of carbonyl (C=O) groups excluding carboxylic acids is 1. The van der Waals surface area contributed by atoms with Crippen LogP contribution < -0.4 is 9.64 Å². The summed E-state index contributed by atoms with van der Waals surface area (Å²) >= 11 is 4.49. The van der Waals surface area contributed by atoms with Crippen molar-refractivity contribution < 1.29 is 9.53 Å². The summed E-state index contributed by atoms with van der Waals surface area (Å²) < 4.78 is 5.15. The van der Waals surface area contributed by atoms with Gasteiger partial charge < -0.3 is 4.74 Å². The molecular weight excluding hydrogens is 274 g/mol. The molecule has 2 aromatic rings. The number of hydrogen-bond acceptors (Lipinski definition) is 5. The molecule has 0 aliphatic heterocycles. The number of rotatable bonds is 3. The number of aliphatic imine (C=N–C) groups is 1. The van der Waals surface area contributed by atoms with E-state index in [1.807, 2.05) is 30.3 Å². The molecule has 0 atom stereocenters. The van der Waals surface area contributed by atoms with Gasteiger partial charge in [0.25, 0.3) is 0 Å². The number of hydrogen-bond donors (Lipinski definition) is 0. The number of isothiocyanates is 1. The van der Waals surface area contributed by atoms with Gasteiger partial charge in [-0.1, -0.05) is 18.2 Å². The zero-order valence-electron chi connectivity index (χ0n) is 10.7. The van der Waals surface area contributed by atoms with Crippen molar-refractivity contribution in [3.63, 3.8) is 0 Å². The predicted octanol–water partition coefficient (Wildman–Crippen LogP) is 3.45. The highest BCUT2D eigenvalue weighted by Crippen LogP contribution is 2.16. The zero-order chi connectivity index (χ0) is 14.4. The lowest BCUT2D eigenvalue weighted by Crippen LogP contribution is -2.29. The topological polar surface area (TPSA) is 54.8 Å². The van der Waals surface area contributed by atoms with Gasteiger partial charge in [-0.2, -0.15) is 4.99 Å². The molecule has 0 N–H and O–H groups in total. The van der Waals surface area contributed by atoms with Crippen molar-refractivity contribution in [3.05, 3.63) is 48.7 Å². The second kappa shape index (κ2) is 6.56. The first kappa shape index (κ1) is 13.9. The summed E-state index contributed by atoms with van der Waals surface area (Å²) in [5.74, 6) is 0.195. The van der Waals surface area contributed by atoms with Crippen LogP contribution in [-0.4, -0.2) is 23.3 Å². The first-order chi connectivity index (χ1) is 9.70. The van der Waals surface area contributed by atoms with E-state index in [2.05, 4.69) is 27.4 Å². The Balaban J connectivity index is 2.06. The fourth-order valence-electron chi connectivity index (χ4n) is 1.47. The number of para-hydroxylation sites is 1. The van der Waals surface area contributed by atoms with E-state index in [0.717, 1.165) is 5.69 Å². The molecule has 0 unspecified atom stereocenters. The molecule has 6 heteroatoms. The molecule has 1 amide bonds. The number of nitrogens with zero attached hydrogens (tertiary/aromatic N) is 3. The second-order valence-corrected chi connectivity index (χ2v) is 4.00. The third kappa shape index (κ3) is 3.47. The summed E-state index contributed by atoms with van der Waals surface area (Å²) in [6, 6.07) is 12.4. The Kier molecular flexibility index (Phi) is 4.55. The van der Waals surface area contributed by atoms with Crippen LogP contribution in [0.1, 0.15) is 0 Å². The van der Waals surface area contributed by atoms with Gasteiger partial charge in [0, 0.05) is 18.8 Å². The Bertz CT molecular complexity index is 637. The van der Waals surface area contributed by atoms with Crippen molar-refractivity contribution in [1.29, 1.82) is 0 Å². The Hall–Kier alpha value is -2.56. The molecule has 1 heterocycles. The molecule has 2 rings (SSSR count). The number of thiocarbonyl (C=S) groups is 1. The van der Waals surface area contributed by atoms with Crippen LogP contribution in [0.2, 0.25) is 0 Å². The van der Waals surface area contributed by atoms with Gasteiger partial charge in [0.05, 0.1) is 17.0 Å². The van der Waals surface area contributed by atoms with Crippen molar-refractivity contribution >= 4 is 34.8 Å². The van der Waals surface area contributed by atoms with Gasteiger partial charge in [-0.15, -0.1) is 0 Å². The van der Waals surface area contributed by atoms with Crippen molar-refractivity contribution in [2.24, 2.45) is 4.99 Å². The molecule has 20 heavy (non-hydrogen) atoms. The van der Waals surface area contributed by atoms with Crippen LogP contribution in [-0.2, 0) is 0 Å². The standard InChI is InChI=1S/C14H11N3O2S/c1-17(12-5-3-2-4-6-12)14(18)19-13-8-7-11(9-15-13)16-10-20/h2-9H,1H3. The van der Waals surface area contributed by atoms with Crippen LogP contribution >= 0.6 is 12.2 Å². The maximum Gasteiger partial charge on any atom is 0.420 e. The minimum absolute atomic E-state index is 0.195. The van der Waals surface area contributed by atoms with Crippen LogP contribution in [0.5, 0.6) is 5.88 Å². The van der Waals surface area contributed by atoms with Gasteiger partial charge in [-0.3, -0.25) is 4.90 Å². The molecule has 5 nitrogen and oxygen atoms in total. The SMILES string of the molecule is CN(C(=O)Oc1ccc(N=C=S)cn1)c1ccccc1. The van der Waals surface area contributed by atoms with E-state index in [0.29, 0.717) is 5.69 Å². The first-order valence-corrected chi connectivity index (χ1v) is 6.16. The van der Waals surface area contributed by atoms with Crippen LogP contribution in [0.25, 0.3) is 0 Å². The van der Waals surface area contributed by atoms with Gasteiger partial charge in [-0.05, 0) is 30.4 Å². The molecule has 0 saturated carbocycles. The van der Waals surface area contributed by atoms with Gasteiger partial charge in [-0.25, -0.2) is 9.78 Å². The number of pyridine rings is 1. The molecular formula is C14H11N3O2S. The summed E-state index contributed by atoms with van der Waals surface area (Å²) in [4.78, 5) is 21.1. The van der Waals surface area contributed by atoms with E-state index in [1.165, 1.54) is 11.1 Å². The Morgan fingerprint density at radius 3 is 2.65 bits per heavy atom. The van der Waals surface area contributed by atoms with Crippen LogP contribution in [0.15, 0.2) is 53.7 Å². The lowest BCUT2D eigenvalue weighted by molar-refractivity contribution is 0.207. The van der Waals surface area contributed by atoms with Crippen LogP contribution in [0, 0.1) is 0 Å². The lowest BCUT2D eigenvalue weighted by Gasteiger charge is -2.16. The number of amides is 1. The molecule has 0 radical (unpaired) electrons. The highest BCUT2D eigenvalue weighted by Gasteiger charge is 2.13. The molecule has 0 saturated heterocycles. The van der Waals surface area contributed by atoms with E-state index < -0.39 is 6.09 Å². The smallest absolute Gasteiger partial charge is 0.391 e. The number of anilines is 1. The minimum atomic E-state index is -0.519. The third-order valence-electron chi connectivity index (χ3n) is 2.50. The number of carbonyl (C=O) groups is 1. The van der Waals surface area contributed by atoms with E-state index in [4.69, 9.17) is 4.74 Å². The van der Waals surface area contributed by atoms with E-state index in [9.17, 15) is 4.79 Å². The maximum atomic E-state index is 11.9. The monoisotopic (exact) mass is 285 g/mol. The number of aromatic nitrogens is 1. The van der Waals surface area contributed by atoms with Gasteiger partial charge in [0.1, 0.15) is 0 Å². The quantitative estimate of drug-likeness (QED) is 0.640. The summed E-state index contributed by atoms with van der Waals surface area (Å²) in [6.45, 7) is 0. The Labute approximate surface area is 121 Å². The molecule has 100 valence electrons. The molecule has 1 aromatic carbocycles. The molecule has 1 aromatic heterocycles. The maximum absolute atomic E-state index is 11.9. The van der Waals surface area contributed by atoms with Gasteiger partial charge in [0.15, 0.2) is 0 Å². The second-order valence-electron chi connectivity index (χ2n) is 3.82. The molecule has 0 spiro atoms. The average Bonchev–Trinajstić information content (AvgIpc) is 2.49. The minimum Gasteiger partial charge on any atom is -0.391 e. The largest absolute Gasteiger partial charge is 0.420 e. The van der Waals surface area contributed by atoms with E-state index >= 15 is 0 Å². The Morgan fingerprint density at radius 1 is 1.30 bits per heavy atom. The van der Waals surface area contributed by atoms with Crippen LogP contribution in [0.4, 0.5) is 16.2 Å². The number of ether oxygens (including phenoxy) is 1. The normalized spacial score (nSPS) is 9.45. The Morgan fingerprint density at radius 2 is 2.05 bits per heavy atom. The fourth-order valence-corrected chi connectivity index (χ4v) is 1.57. The van der Waals surface area contributed by atoms with Crippen LogP contribution in [0.3, 0.4) is 0 Å². The highest BCUT2D eigenvalue weighted by atomic mass is 32.1. The molecule has 0 aliphatic carbocycles. The molecule has 0 aliphatic rings. The summed E-state index contributed by atoms with van der Waals surface area (Å²) in [6.07, 6.45) is 0.930.